The van der Waals surface area contributed by atoms with Gasteiger partial charge in [-0.25, -0.2) is 4.57 Å². The zero-order chi connectivity index (χ0) is 39.5. The average molecular weight is 771 g/mol. The second kappa shape index (κ2) is 34.4. The van der Waals surface area contributed by atoms with E-state index in [1.54, 1.807) is 0 Å². The maximum atomic E-state index is 12.6. The molecule has 308 valence electrons. The monoisotopic (exact) mass is 771 g/mol. The third kappa shape index (κ3) is 38.0. The molecule has 0 heterocycles. The Kier molecular flexibility index (Phi) is 33.1. The van der Waals surface area contributed by atoms with Crippen molar-refractivity contribution >= 4 is 19.8 Å². The molecule has 2 N–H and O–H groups in total. The van der Waals surface area contributed by atoms with E-state index < -0.39 is 32.5 Å². The fourth-order valence-electron chi connectivity index (χ4n) is 5.20. The van der Waals surface area contributed by atoms with Crippen LogP contribution in [0.3, 0.4) is 0 Å². The minimum absolute atomic E-state index is 0.0164. The SMILES string of the molecule is CCCCCCCCCCCCCC(=O)O[C@H](COC(=O)CCC/C=C\C/C=C\C/C=C\C/C=C\CC(O)CCC)COP(=O)(O)OCC[N+](C)(C)C. The van der Waals surface area contributed by atoms with Crippen molar-refractivity contribution in [2.45, 2.75) is 161 Å². The van der Waals surface area contributed by atoms with E-state index in [1.807, 2.05) is 33.3 Å². The fourth-order valence-corrected chi connectivity index (χ4v) is 5.94. The first-order chi connectivity index (χ1) is 25.4. The molecule has 0 saturated carbocycles. The number of rotatable bonds is 36. The summed E-state index contributed by atoms with van der Waals surface area (Å²) in [6.07, 6.45) is 35.1. The van der Waals surface area contributed by atoms with E-state index in [2.05, 4.69) is 50.3 Å². The van der Waals surface area contributed by atoms with Crippen LogP contribution >= 0.6 is 7.82 Å². The number of quaternary nitrogens is 1. The molecular weight excluding hydrogens is 693 g/mol. The number of phosphoric ester groups is 1. The number of hydrogen-bond donors (Lipinski definition) is 2. The molecule has 0 aliphatic rings. The van der Waals surface area contributed by atoms with Gasteiger partial charge in [0.05, 0.1) is 33.9 Å². The van der Waals surface area contributed by atoms with Crippen LogP contribution in [0.5, 0.6) is 0 Å². The van der Waals surface area contributed by atoms with Gasteiger partial charge in [-0.15, -0.1) is 0 Å². The van der Waals surface area contributed by atoms with Crippen molar-refractivity contribution in [1.29, 1.82) is 0 Å². The van der Waals surface area contributed by atoms with Crippen molar-refractivity contribution in [3.8, 4) is 0 Å². The number of likely N-dealkylation sites (N-methyl/N-ethyl adjacent to an activating group) is 1. The predicted octanol–water partition coefficient (Wildman–Crippen LogP) is 10.1. The third-order valence-corrected chi connectivity index (χ3v) is 9.40. The highest BCUT2D eigenvalue weighted by molar-refractivity contribution is 7.47. The molecule has 2 unspecified atom stereocenters. The van der Waals surface area contributed by atoms with Crippen LogP contribution in [0.4, 0.5) is 0 Å². The number of phosphoric acid groups is 1. The Morgan fingerprint density at radius 3 is 1.75 bits per heavy atom. The number of allylic oxidation sites excluding steroid dienone is 7. The normalized spacial score (nSPS) is 14.8. The molecule has 0 fully saturated rings. The molecule has 0 rings (SSSR count). The van der Waals surface area contributed by atoms with Gasteiger partial charge in [0.15, 0.2) is 6.10 Å². The van der Waals surface area contributed by atoms with Crippen LogP contribution in [0.2, 0.25) is 0 Å². The van der Waals surface area contributed by atoms with E-state index in [0.717, 1.165) is 57.8 Å². The predicted molar refractivity (Wildman–Crippen MR) is 216 cm³/mol. The van der Waals surface area contributed by atoms with E-state index in [-0.39, 0.29) is 32.2 Å². The quantitative estimate of drug-likeness (QED) is 0.0210. The molecule has 11 heteroatoms. The Balaban J connectivity index is 4.50. The standard InChI is InChI=1S/C42H76NO9P/c1-6-8-9-10-11-12-16-21-24-27-30-34-42(46)52-40(38-51-53(47,48)50-36-35-43(3,4)5)37-49-41(45)33-29-26-23-20-18-15-13-14-17-19-22-25-28-32-39(44)31-7-2/h13,15,17,19-20,23,25,28,39-40,44H,6-12,14,16,18,21-22,24,26-27,29-38H2,1-5H3/p+1/b15-13-,19-17-,23-20-,28-25-/t39?,40-/m1/s1. The summed E-state index contributed by atoms with van der Waals surface area (Å²) in [7, 11) is 1.42. The van der Waals surface area contributed by atoms with Crippen LogP contribution < -0.4 is 0 Å². The lowest BCUT2D eigenvalue weighted by atomic mass is 10.1. The van der Waals surface area contributed by atoms with E-state index in [9.17, 15) is 24.2 Å². The number of esters is 2. The van der Waals surface area contributed by atoms with Crippen LogP contribution in [0, 0.1) is 0 Å². The highest BCUT2D eigenvalue weighted by Gasteiger charge is 2.27. The van der Waals surface area contributed by atoms with Crippen LogP contribution in [0.1, 0.15) is 149 Å². The molecule has 0 spiro atoms. The Morgan fingerprint density at radius 2 is 1.19 bits per heavy atom. The Hall–Kier alpha value is -2.07. The van der Waals surface area contributed by atoms with Gasteiger partial charge in [0.25, 0.3) is 0 Å². The molecule has 0 radical (unpaired) electrons. The van der Waals surface area contributed by atoms with Gasteiger partial charge >= 0.3 is 19.8 Å². The molecule has 10 nitrogen and oxygen atoms in total. The van der Waals surface area contributed by atoms with E-state index >= 15 is 0 Å². The van der Waals surface area contributed by atoms with Gasteiger partial charge < -0.3 is 24.0 Å². The number of hydrogen-bond acceptors (Lipinski definition) is 8. The first kappa shape index (κ1) is 50.9. The first-order valence-electron chi connectivity index (χ1n) is 20.4. The minimum Gasteiger partial charge on any atom is -0.462 e. The molecule has 0 aromatic heterocycles. The lowest BCUT2D eigenvalue weighted by Crippen LogP contribution is -2.37. The molecule has 3 atom stereocenters. The van der Waals surface area contributed by atoms with Crippen LogP contribution in [-0.4, -0.2) is 86.1 Å². The summed E-state index contributed by atoms with van der Waals surface area (Å²) in [5.74, 6) is -0.888. The summed E-state index contributed by atoms with van der Waals surface area (Å²) in [6.45, 7) is 4.12. The Morgan fingerprint density at radius 1 is 0.660 bits per heavy atom. The molecule has 53 heavy (non-hydrogen) atoms. The number of aliphatic hydroxyl groups excluding tert-OH is 1. The van der Waals surface area contributed by atoms with Crippen molar-refractivity contribution in [3.05, 3.63) is 48.6 Å². The zero-order valence-corrected chi connectivity index (χ0v) is 35.0. The topological polar surface area (TPSA) is 129 Å². The van der Waals surface area contributed by atoms with Crippen LogP contribution in [0.25, 0.3) is 0 Å². The second-order valence-corrected chi connectivity index (χ2v) is 16.3. The van der Waals surface area contributed by atoms with E-state index in [4.69, 9.17) is 18.5 Å². The first-order valence-corrected chi connectivity index (χ1v) is 21.9. The van der Waals surface area contributed by atoms with Gasteiger partial charge in [-0.2, -0.15) is 0 Å². The summed E-state index contributed by atoms with van der Waals surface area (Å²) in [5.41, 5.74) is 0. The zero-order valence-electron chi connectivity index (χ0n) is 34.1. The maximum Gasteiger partial charge on any atom is 0.472 e. The molecule has 0 amide bonds. The molecule has 0 aliphatic carbocycles. The number of aliphatic hydroxyl groups is 1. The average Bonchev–Trinajstić information content (AvgIpc) is 3.09. The van der Waals surface area contributed by atoms with Gasteiger partial charge in [-0.05, 0) is 51.4 Å². The fraction of sp³-hybridized carbons (Fsp3) is 0.762. The molecule has 0 bridgehead atoms. The molecule has 0 aromatic carbocycles. The number of nitrogens with zero attached hydrogens (tertiary/aromatic N) is 1. The van der Waals surface area contributed by atoms with Crippen LogP contribution in [0.15, 0.2) is 48.6 Å². The smallest absolute Gasteiger partial charge is 0.462 e. The molecule has 0 aromatic rings. The molecule has 0 saturated heterocycles. The van der Waals surface area contributed by atoms with E-state index in [1.165, 1.54) is 44.9 Å². The largest absolute Gasteiger partial charge is 0.472 e. The van der Waals surface area contributed by atoms with Gasteiger partial charge in [-0.3, -0.25) is 18.6 Å². The van der Waals surface area contributed by atoms with Gasteiger partial charge in [0, 0.05) is 12.8 Å². The lowest BCUT2D eigenvalue weighted by Gasteiger charge is -2.24. The minimum atomic E-state index is -4.39. The lowest BCUT2D eigenvalue weighted by molar-refractivity contribution is -0.870. The summed E-state index contributed by atoms with van der Waals surface area (Å²) < 4.78 is 34.1. The second-order valence-electron chi connectivity index (χ2n) is 14.9. The van der Waals surface area contributed by atoms with Gasteiger partial charge in [0.1, 0.15) is 19.8 Å². The summed E-state index contributed by atoms with van der Waals surface area (Å²) in [4.78, 5) is 35.2. The Bertz CT molecular complexity index is 1070. The van der Waals surface area contributed by atoms with Gasteiger partial charge in [-0.1, -0.05) is 133 Å². The Labute approximate surface area is 323 Å². The highest BCUT2D eigenvalue weighted by atomic mass is 31.2. The third-order valence-electron chi connectivity index (χ3n) is 8.42. The maximum absolute atomic E-state index is 12.6. The van der Waals surface area contributed by atoms with Crippen LogP contribution in [-0.2, 0) is 32.7 Å². The number of carbonyl (C=O) groups is 2. The van der Waals surface area contributed by atoms with Crippen molar-refractivity contribution in [1.82, 2.24) is 0 Å². The molecular formula is C42H77NO9P+. The number of carbonyl (C=O) groups excluding carboxylic acids is 2. The van der Waals surface area contributed by atoms with Crippen molar-refractivity contribution in [2.24, 2.45) is 0 Å². The van der Waals surface area contributed by atoms with Crippen molar-refractivity contribution in [2.75, 3.05) is 47.5 Å². The van der Waals surface area contributed by atoms with Crippen molar-refractivity contribution < 1.29 is 47.2 Å². The number of ether oxygens (including phenoxy) is 2. The summed E-state index contributed by atoms with van der Waals surface area (Å²) in [6, 6.07) is 0. The summed E-state index contributed by atoms with van der Waals surface area (Å²) >= 11 is 0. The number of unbranched alkanes of at least 4 members (excludes halogenated alkanes) is 11. The van der Waals surface area contributed by atoms with Gasteiger partial charge in [0.2, 0.25) is 0 Å². The van der Waals surface area contributed by atoms with E-state index in [0.29, 0.717) is 30.3 Å². The van der Waals surface area contributed by atoms with Crippen molar-refractivity contribution in [3.63, 3.8) is 0 Å². The highest BCUT2D eigenvalue weighted by Crippen LogP contribution is 2.43. The summed E-state index contributed by atoms with van der Waals surface area (Å²) in [5, 5.41) is 9.72. The molecule has 0 aliphatic heterocycles.